The van der Waals surface area contributed by atoms with Gasteiger partial charge in [0, 0.05) is 22.7 Å². The minimum absolute atomic E-state index is 0.106. The van der Waals surface area contributed by atoms with Gasteiger partial charge in [0.15, 0.2) is 5.78 Å². The number of non-ortho nitro benzene ring substituents is 1. The Morgan fingerprint density at radius 3 is 2.48 bits per heavy atom. The summed E-state index contributed by atoms with van der Waals surface area (Å²) >= 11 is 6.07. The van der Waals surface area contributed by atoms with Crippen molar-refractivity contribution >= 4 is 46.1 Å². The molecular formula is C25H16ClN3O4. The molecule has 0 aliphatic rings. The number of carbonyl (C=O) groups is 1. The maximum Gasteiger partial charge on any atom is 0.270 e. The van der Waals surface area contributed by atoms with Crippen molar-refractivity contribution in [2.75, 3.05) is 0 Å². The zero-order valence-corrected chi connectivity index (χ0v) is 17.8. The molecule has 0 saturated heterocycles. The van der Waals surface area contributed by atoms with Gasteiger partial charge < -0.3 is 4.74 Å². The first-order valence-electron chi connectivity index (χ1n) is 9.82. The van der Waals surface area contributed by atoms with Gasteiger partial charge >= 0.3 is 0 Å². The zero-order valence-electron chi connectivity index (χ0n) is 17.1. The first kappa shape index (κ1) is 21.9. The average Bonchev–Trinajstić information content (AvgIpc) is 2.83. The van der Waals surface area contributed by atoms with Crippen molar-refractivity contribution < 1.29 is 14.5 Å². The SMILES string of the molecule is O=C(C=Cc1cc([N+](=O)[O-])ccc1Cl)C=Cc1ccccc1Oc1ncnc2ccccc12. The Bertz CT molecular complexity index is 1410. The number of ketones is 1. The van der Waals surface area contributed by atoms with Crippen LogP contribution in [-0.2, 0) is 4.79 Å². The Labute approximate surface area is 193 Å². The minimum Gasteiger partial charge on any atom is -0.438 e. The van der Waals surface area contributed by atoms with Crippen LogP contribution in [0.15, 0.2) is 85.2 Å². The molecule has 3 aromatic carbocycles. The summed E-state index contributed by atoms with van der Waals surface area (Å²) in [5.74, 6) is 0.615. The lowest BCUT2D eigenvalue weighted by Gasteiger charge is -2.09. The van der Waals surface area contributed by atoms with Crippen molar-refractivity contribution in [3.05, 3.63) is 111 Å². The molecule has 33 heavy (non-hydrogen) atoms. The molecule has 0 N–H and O–H groups in total. The van der Waals surface area contributed by atoms with Gasteiger partial charge in [-0.1, -0.05) is 41.9 Å². The fourth-order valence-corrected chi connectivity index (χ4v) is 3.23. The monoisotopic (exact) mass is 457 g/mol. The maximum atomic E-state index is 12.4. The summed E-state index contributed by atoms with van der Waals surface area (Å²) in [5.41, 5.74) is 1.71. The zero-order chi connectivity index (χ0) is 23.2. The molecule has 7 nitrogen and oxygen atoms in total. The van der Waals surface area contributed by atoms with E-state index in [2.05, 4.69) is 9.97 Å². The van der Waals surface area contributed by atoms with E-state index in [-0.39, 0.29) is 11.5 Å². The smallest absolute Gasteiger partial charge is 0.270 e. The topological polar surface area (TPSA) is 95.2 Å². The summed E-state index contributed by atoms with van der Waals surface area (Å²) in [7, 11) is 0. The number of aromatic nitrogens is 2. The summed E-state index contributed by atoms with van der Waals surface area (Å²) in [5, 5.41) is 12.0. The molecule has 0 atom stereocenters. The third kappa shape index (κ3) is 5.28. The second kappa shape index (κ2) is 9.84. The lowest BCUT2D eigenvalue weighted by Crippen LogP contribution is -1.93. The van der Waals surface area contributed by atoms with Crippen LogP contribution in [0.2, 0.25) is 5.02 Å². The molecule has 1 heterocycles. The van der Waals surface area contributed by atoms with Crippen molar-refractivity contribution in [3.8, 4) is 11.6 Å². The Morgan fingerprint density at radius 2 is 1.67 bits per heavy atom. The van der Waals surface area contributed by atoms with E-state index in [0.717, 1.165) is 10.9 Å². The van der Waals surface area contributed by atoms with E-state index in [9.17, 15) is 14.9 Å². The number of nitrogens with zero attached hydrogens (tertiary/aromatic N) is 3. The molecule has 0 aliphatic heterocycles. The Balaban J connectivity index is 1.54. The van der Waals surface area contributed by atoms with Gasteiger partial charge in [-0.2, -0.15) is 0 Å². The summed E-state index contributed by atoms with van der Waals surface area (Å²) in [4.78, 5) is 31.2. The van der Waals surface area contributed by atoms with Gasteiger partial charge in [-0.05, 0) is 54.1 Å². The van der Waals surface area contributed by atoms with Crippen LogP contribution in [-0.4, -0.2) is 20.7 Å². The summed E-state index contributed by atoms with van der Waals surface area (Å²) in [6.07, 6.45) is 7.17. The van der Waals surface area contributed by atoms with Gasteiger partial charge in [-0.25, -0.2) is 9.97 Å². The summed E-state index contributed by atoms with van der Waals surface area (Å²) < 4.78 is 6.02. The van der Waals surface area contributed by atoms with Crippen LogP contribution < -0.4 is 4.74 Å². The number of allylic oxidation sites excluding steroid dienone is 2. The quantitative estimate of drug-likeness (QED) is 0.184. The van der Waals surface area contributed by atoms with Crippen molar-refractivity contribution in [2.24, 2.45) is 0 Å². The first-order valence-corrected chi connectivity index (χ1v) is 10.2. The highest BCUT2D eigenvalue weighted by molar-refractivity contribution is 6.32. The van der Waals surface area contributed by atoms with E-state index in [1.165, 1.54) is 42.8 Å². The van der Waals surface area contributed by atoms with Gasteiger partial charge in [-0.15, -0.1) is 0 Å². The largest absolute Gasteiger partial charge is 0.438 e. The Morgan fingerprint density at radius 1 is 0.939 bits per heavy atom. The van der Waals surface area contributed by atoms with Gasteiger partial charge in [-0.3, -0.25) is 14.9 Å². The van der Waals surface area contributed by atoms with Crippen LogP contribution in [0.25, 0.3) is 23.1 Å². The van der Waals surface area contributed by atoms with Gasteiger partial charge in [0.05, 0.1) is 15.8 Å². The van der Waals surface area contributed by atoms with Gasteiger partial charge in [0.25, 0.3) is 5.69 Å². The standard InChI is InChI=1S/C25H16ClN3O4/c26-22-14-11-19(29(31)32)15-18(22)10-13-20(30)12-9-17-5-1-4-8-24(17)33-25-21-6-2-3-7-23(21)27-16-28-25/h1-16H. The lowest BCUT2D eigenvalue weighted by atomic mass is 10.1. The molecule has 0 amide bonds. The van der Waals surface area contributed by atoms with Crippen molar-refractivity contribution in [3.63, 3.8) is 0 Å². The molecule has 0 aliphatic carbocycles. The second-order valence-corrected chi connectivity index (χ2v) is 7.28. The van der Waals surface area contributed by atoms with Crippen molar-refractivity contribution in [1.29, 1.82) is 0 Å². The normalized spacial score (nSPS) is 11.3. The van der Waals surface area contributed by atoms with Crippen LogP contribution in [0.4, 0.5) is 5.69 Å². The second-order valence-electron chi connectivity index (χ2n) is 6.87. The van der Waals surface area contributed by atoms with E-state index >= 15 is 0 Å². The highest BCUT2D eigenvalue weighted by atomic mass is 35.5. The van der Waals surface area contributed by atoms with E-state index in [4.69, 9.17) is 16.3 Å². The number of halogens is 1. The van der Waals surface area contributed by atoms with E-state index in [1.807, 2.05) is 42.5 Å². The predicted octanol–water partition coefficient (Wildman–Crippen LogP) is 6.28. The number of hydrogen-bond acceptors (Lipinski definition) is 6. The fraction of sp³-hybridized carbons (Fsp3) is 0. The number of hydrogen-bond donors (Lipinski definition) is 0. The van der Waals surface area contributed by atoms with Crippen LogP contribution >= 0.6 is 11.6 Å². The molecule has 0 spiro atoms. The number of carbonyl (C=O) groups excluding carboxylic acids is 1. The molecule has 8 heteroatoms. The summed E-state index contributed by atoms with van der Waals surface area (Å²) in [6, 6.07) is 18.8. The highest BCUT2D eigenvalue weighted by Crippen LogP contribution is 2.29. The number of nitro groups is 1. The minimum atomic E-state index is -0.521. The third-order valence-electron chi connectivity index (χ3n) is 4.68. The van der Waals surface area contributed by atoms with Crippen LogP contribution in [0, 0.1) is 10.1 Å². The van der Waals surface area contributed by atoms with Crippen LogP contribution in [0.1, 0.15) is 11.1 Å². The molecule has 0 saturated carbocycles. The van der Waals surface area contributed by atoms with E-state index < -0.39 is 4.92 Å². The fourth-order valence-electron chi connectivity index (χ4n) is 3.05. The number of para-hydroxylation sites is 2. The number of ether oxygens (including phenoxy) is 1. The predicted molar refractivity (Wildman–Crippen MR) is 127 cm³/mol. The van der Waals surface area contributed by atoms with Crippen molar-refractivity contribution in [2.45, 2.75) is 0 Å². The molecular weight excluding hydrogens is 442 g/mol. The molecule has 0 radical (unpaired) electrons. The molecule has 0 unspecified atom stereocenters. The molecule has 1 aromatic heterocycles. The molecule has 4 rings (SSSR count). The third-order valence-corrected chi connectivity index (χ3v) is 5.02. The number of benzene rings is 3. The van der Waals surface area contributed by atoms with Crippen LogP contribution in [0.3, 0.4) is 0 Å². The first-order chi connectivity index (χ1) is 16.0. The van der Waals surface area contributed by atoms with Gasteiger partial charge in [0.2, 0.25) is 5.88 Å². The number of rotatable bonds is 7. The Kier molecular flexibility index (Phi) is 6.52. The molecule has 162 valence electrons. The van der Waals surface area contributed by atoms with Crippen LogP contribution in [0.5, 0.6) is 11.6 Å². The summed E-state index contributed by atoms with van der Waals surface area (Å²) in [6.45, 7) is 0. The maximum absolute atomic E-state index is 12.4. The number of fused-ring (bicyclic) bond motifs is 1. The molecule has 0 fully saturated rings. The van der Waals surface area contributed by atoms with E-state index in [1.54, 1.807) is 12.1 Å². The molecule has 0 bridgehead atoms. The number of nitro benzene ring substituents is 1. The highest BCUT2D eigenvalue weighted by Gasteiger charge is 2.09. The Hall–Kier alpha value is -4.36. The van der Waals surface area contributed by atoms with Gasteiger partial charge in [0.1, 0.15) is 12.1 Å². The van der Waals surface area contributed by atoms with E-state index in [0.29, 0.717) is 27.8 Å². The molecule has 4 aromatic rings. The average molecular weight is 458 g/mol. The van der Waals surface area contributed by atoms with Crippen molar-refractivity contribution in [1.82, 2.24) is 9.97 Å². The lowest BCUT2D eigenvalue weighted by molar-refractivity contribution is -0.384.